The lowest BCUT2D eigenvalue weighted by molar-refractivity contribution is -0.128. The summed E-state index contributed by atoms with van der Waals surface area (Å²) < 4.78 is 10.7. The van der Waals surface area contributed by atoms with Crippen molar-refractivity contribution in [3.8, 4) is 22.8 Å². The normalized spacial score (nSPS) is 13.7. The summed E-state index contributed by atoms with van der Waals surface area (Å²) in [6.07, 6.45) is 0. The van der Waals surface area contributed by atoms with E-state index in [9.17, 15) is 4.79 Å². The summed E-state index contributed by atoms with van der Waals surface area (Å²) in [7, 11) is 3.23. The Morgan fingerprint density at radius 3 is 2.38 bits per heavy atom. The van der Waals surface area contributed by atoms with E-state index >= 15 is 0 Å². The molecule has 7 nitrogen and oxygen atoms in total. The van der Waals surface area contributed by atoms with Crippen molar-refractivity contribution in [1.29, 1.82) is 0 Å². The fourth-order valence-corrected chi connectivity index (χ4v) is 4.35. The Morgan fingerprint density at radius 1 is 0.938 bits per heavy atom. The Bertz CT molecular complexity index is 1040. The molecule has 1 aliphatic rings. The van der Waals surface area contributed by atoms with E-state index in [2.05, 4.69) is 27.2 Å². The molecule has 166 valence electrons. The molecular formula is C24H26N4O3S. The van der Waals surface area contributed by atoms with Gasteiger partial charge in [-0.1, -0.05) is 30.0 Å². The van der Waals surface area contributed by atoms with Gasteiger partial charge in [0.05, 0.1) is 25.7 Å². The van der Waals surface area contributed by atoms with Gasteiger partial charge in [-0.25, -0.2) is 0 Å². The lowest BCUT2D eigenvalue weighted by Crippen LogP contribution is -2.49. The van der Waals surface area contributed by atoms with E-state index in [1.807, 2.05) is 53.4 Å². The summed E-state index contributed by atoms with van der Waals surface area (Å²) in [4.78, 5) is 16.9. The van der Waals surface area contributed by atoms with E-state index in [0.29, 0.717) is 22.9 Å². The summed E-state index contributed by atoms with van der Waals surface area (Å²) in [6.45, 7) is 3.16. The van der Waals surface area contributed by atoms with Crippen LogP contribution in [0.2, 0.25) is 0 Å². The Morgan fingerprint density at radius 2 is 1.72 bits per heavy atom. The second-order valence-electron chi connectivity index (χ2n) is 7.32. The van der Waals surface area contributed by atoms with E-state index in [0.717, 1.165) is 36.8 Å². The number of para-hydroxylation sites is 1. The smallest absolute Gasteiger partial charge is 0.233 e. The average Bonchev–Trinajstić information content (AvgIpc) is 2.87. The third kappa shape index (κ3) is 5.13. The number of thioether (sulfide) groups is 1. The van der Waals surface area contributed by atoms with E-state index in [1.165, 1.54) is 17.4 Å². The number of benzene rings is 2. The number of piperazine rings is 1. The Balaban J connectivity index is 1.31. The number of hydrogen-bond donors (Lipinski definition) is 0. The van der Waals surface area contributed by atoms with Gasteiger partial charge in [-0.2, -0.15) is 0 Å². The van der Waals surface area contributed by atoms with Gasteiger partial charge in [-0.15, -0.1) is 10.2 Å². The number of methoxy groups -OCH3 is 2. The molecule has 3 aromatic rings. The molecule has 2 aromatic carbocycles. The monoisotopic (exact) mass is 450 g/mol. The van der Waals surface area contributed by atoms with Crippen LogP contribution in [-0.2, 0) is 4.79 Å². The van der Waals surface area contributed by atoms with Gasteiger partial charge in [0.1, 0.15) is 16.5 Å². The first-order chi connectivity index (χ1) is 15.7. The van der Waals surface area contributed by atoms with Crippen molar-refractivity contribution in [3.63, 3.8) is 0 Å². The Kier molecular flexibility index (Phi) is 7.11. The molecule has 32 heavy (non-hydrogen) atoms. The quantitative estimate of drug-likeness (QED) is 0.510. The number of carbonyl (C=O) groups is 1. The molecule has 8 heteroatoms. The lowest BCUT2D eigenvalue weighted by Gasteiger charge is -2.36. The molecule has 1 fully saturated rings. The van der Waals surface area contributed by atoms with E-state index in [1.54, 1.807) is 14.2 Å². The molecule has 0 aliphatic carbocycles. The number of nitrogens with zero attached hydrogens (tertiary/aromatic N) is 4. The molecule has 0 bridgehead atoms. The maximum absolute atomic E-state index is 12.7. The van der Waals surface area contributed by atoms with Crippen molar-refractivity contribution in [2.75, 3.05) is 51.1 Å². The number of rotatable bonds is 7. The first kappa shape index (κ1) is 22.0. The van der Waals surface area contributed by atoms with Crippen molar-refractivity contribution in [2.24, 2.45) is 0 Å². The molecule has 0 N–H and O–H groups in total. The van der Waals surface area contributed by atoms with Gasteiger partial charge in [0.25, 0.3) is 0 Å². The first-order valence-corrected chi connectivity index (χ1v) is 11.4. The van der Waals surface area contributed by atoms with Crippen LogP contribution in [0.5, 0.6) is 11.5 Å². The number of ether oxygens (including phenoxy) is 2. The van der Waals surface area contributed by atoms with Crippen molar-refractivity contribution in [1.82, 2.24) is 15.1 Å². The fraction of sp³-hybridized carbons (Fsp3) is 0.292. The van der Waals surface area contributed by atoms with Crippen molar-refractivity contribution >= 4 is 23.4 Å². The molecule has 1 aliphatic heterocycles. The van der Waals surface area contributed by atoms with Gasteiger partial charge in [0.2, 0.25) is 5.91 Å². The van der Waals surface area contributed by atoms with E-state index in [4.69, 9.17) is 9.47 Å². The molecule has 1 aromatic heterocycles. The minimum atomic E-state index is 0.130. The summed E-state index contributed by atoms with van der Waals surface area (Å²) >= 11 is 1.41. The van der Waals surface area contributed by atoms with Crippen LogP contribution in [0, 0.1) is 0 Å². The van der Waals surface area contributed by atoms with Gasteiger partial charge >= 0.3 is 0 Å². The number of carbonyl (C=O) groups excluding carboxylic acids is 1. The minimum absolute atomic E-state index is 0.130. The summed E-state index contributed by atoms with van der Waals surface area (Å²) in [5.74, 6) is 1.87. The Hall–Kier alpha value is -3.26. The second kappa shape index (κ2) is 10.4. The molecule has 0 atom stereocenters. The van der Waals surface area contributed by atoms with Gasteiger partial charge in [0.15, 0.2) is 0 Å². The molecule has 4 rings (SSSR count). The van der Waals surface area contributed by atoms with Crippen LogP contribution in [-0.4, -0.2) is 67.2 Å². The summed E-state index contributed by atoms with van der Waals surface area (Å²) in [5, 5.41) is 9.33. The van der Waals surface area contributed by atoms with Gasteiger partial charge in [-0.05, 0) is 36.4 Å². The second-order valence-corrected chi connectivity index (χ2v) is 8.31. The number of amides is 1. The molecule has 0 radical (unpaired) electrons. The molecule has 0 unspecified atom stereocenters. The third-order valence-electron chi connectivity index (χ3n) is 5.42. The van der Waals surface area contributed by atoms with Crippen LogP contribution in [0.4, 0.5) is 5.69 Å². The zero-order valence-corrected chi connectivity index (χ0v) is 19.0. The summed E-state index contributed by atoms with van der Waals surface area (Å²) in [5.41, 5.74) is 2.75. The molecular weight excluding hydrogens is 424 g/mol. The molecule has 1 saturated heterocycles. The fourth-order valence-electron chi connectivity index (χ4n) is 3.63. The summed E-state index contributed by atoms with van der Waals surface area (Å²) in [6, 6.07) is 19.7. The van der Waals surface area contributed by atoms with Crippen molar-refractivity contribution in [2.45, 2.75) is 5.03 Å². The SMILES string of the molecule is COc1ccc(-c2ccc(SCC(=O)N3CCN(c4ccccc4)CC3)nn2)c(OC)c1. The Labute approximate surface area is 192 Å². The van der Waals surface area contributed by atoms with Crippen molar-refractivity contribution in [3.05, 3.63) is 60.7 Å². The molecule has 0 spiro atoms. The largest absolute Gasteiger partial charge is 0.497 e. The average molecular weight is 451 g/mol. The third-order valence-corrected chi connectivity index (χ3v) is 6.33. The first-order valence-electron chi connectivity index (χ1n) is 10.4. The van der Waals surface area contributed by atoms with Crippen LogP contribution < -0.4 is 14.4 Å². The van der Waals surface area contributed by atoms with E-state index < -0.39 is 0 Å². The van der Waals surface area contributed by atoms with Crippen LogP contribution in [0.25, 0.3) is 11.3 Å². The van der Waals surface area contributed by atoms with Crippen LogP contribution in [0.15, 0.2) is 65.7 Å². The zero-order valence-electron chi connectivity index (χ0n) is 18.2. The molecule has 0 saturated carbocycles. The topological polar surface area (TPSA) is 67.8 Å². The van der Waals surface area contributed by atoms with Crippen LogP contribution in [0.3, 0.4) is 0 Å². The maximum Gasteiger partial charge on any atom is 0.233 e. The van der Waals surface area contributed by atoms with Gasteiger partial charge < -0.3 is 19.3 Å². The number of hydrogen-bond acceptors (Lipinski definition) is 7. The highest BCUT2D eigenvalue weighted by molar-refractivity contribution is 7.99. The predicted molar refractivity (Wildman–Crippen MR) is 127 cm³/mol. The van der Waals surface area contributed by atoms with Crippen LogP contribution in [0.1, 0.15) is 0 Å². The van der Waals surface area contributed by atoms with Crippen molar-refractivity contribution < 1.29 is 14.3 Å². The highest BCUT2D eigenvalue weighted by Crippen LogP contribution is 2.32. The lowest BCUT2D eigenvalue weighted by atomic mass is 10.1. The van der Waals surface area contributed by atoms with Crippen LogP contribution >= 0.6 is 11.8 Å². The zero-order chi connectivity index (χ0) is 22.3. The predicted octanol–water partition coefficient (Wildman–Crippen LogP) is 3.60. The molecule has 2 heterocycles. The minimum Gasteiger partial charge on any atom is -0.497 e. The maximum atomic E-state index is 12.7. The number of anilines is 1. The highest BCUT2D eigenvalue weighted by atomic mass is 32.2. The van der Waals surface area contributed by atoms with Gasteiger partial charge in [0, 0.05) is 43.5 Å². The molecule has 1 amide bonds. The standard InChI is InChI=1S/C24H26N4O3S/c1-30-19-8-9-20(22(16-19)31-2)21-10-11-23(26-25-21)32-17-24(29)28-14-12-27(13-15-28)18-6-4-3-5-7-18/h3-11,16H,12-15,17H2,1-2H3. The van der Waals surface area contributed by atoms with E-state index in [-0.39, 0.29) is 5.91 Å². The number of aromatic nitrogens is 2. The van der Waals surface area contributed by atoms with Gasteiger partial charge in [-0.3, -0.25) is 4.79 Å². The highest BCUT2D eigenvalue weighted by Gasteiger charge is 2.21.